The number of phenolic OH excluding ortho intramolecular Hbond substituents is 1. The molecule has 11 heteroatoms. The van der Waals surface area contributed by atoms with Gasteiger partial charge >= 0.3 is 0 Å². The monoisotopic (exact) mass is 504 g/mol. The van der Waals surface area contributed by atoms with Gasteiger partial charge in [-0.15, -0.1) is 0 Å². The van der Waals surface area contributed by atoms with Crippen LogP contribution in [0.3, 0.4) is 0 Å². The van der Waals surface area contributed by atoms with Crippen LogP contribution in [0.4, 0.5) is 0 Å². The maximum atomic E-state index is 13.4. The first-order valence-electron chi connectivity index (χ1n) is 11.1. The molecule has 4 N–H and O–H groups in total. The second kappa shape index (κ2) is 9.86. The molecule has 0 aromatic heterocycles. The molecule has 2 heterocycles. The number of fused-ring (bicyclic) bond motifs is 1. The first-order chi connectivity index (χ1) is 17.1. The number of methoxy groups -OCH3 is 3. The van der Waals surface area contributed by atoms with Crippen molar-refractivity contribution >= 4 is 11.9 Å². The Kier molecular flexibility index (Phi) is 7.01. The zero-order valence-corrected chi connectivity index (χ0v) is 20.3. The molecule has 5 atom stereocenters. The normalized spacial score (nSPS) is 26.4. The molecule has 1 saturated heterocycles. The second-order valence-corrected chi connectivity index (χ2v) is 8.42. The number of hydrogen-bond acceptors (Lipinski definition) is 11. The lowest BCUT2D eigenvalue weighted by atomic mass is 10.00. The second-order valence-electron chi connectivity index (χ2n) is 8.42. The number of aliphatic hydroxyl groups is 3. The Balaban J connectivity index is 1.72. The van der Waals surface area contributed by atoms with Gasteiger partial charge in [0.05, 0.1) is 27.4 Å². The molecular weight excluding hydrogens is 476 g/mol. The summed E-state index contributed by atoms with van der Waals surface area (Å²) in [7, 11) is 4.41. The molecule has 0 amide bonds. The first kappa shape index (κ1) is 25.6. The van der Waals surface area contributed by atoms with Crippen molar-refractivity contribution in [1.29, 1.82) is 0 Å². The Bertz CT molecular complexity index is 1180. The average molecular weight is 504 g/mol. The number of ether oxygens (including phenoxy) is 6. The van der Waals surface area contributed by atoms with Crippen molar-refractivity contribution in [3.05, 3.63) is 40.6 Å². The van der Waals surface area contributed by atoms with Gasteiger partial charge in [0.15, 0.2) is 17.3 Å². The number of ketones is 1. The van der Waals surface area contributed by atoms with Gasteiger partial charge in [-0.1, -0.05) is 0 Å². The van der Waals surface area contributed by atoms with Crippen LogP contribution in [0.5, 0.6) is 34.5 Å². The van der Waals surface area contributed by atoms with Crippen LogP contribution in [0.1, 0.15) is 28.4 Å². The van der Waals surface area contributed by atoms with Crippen molar-refractivity contribution in [1.82, 2.24) is 0 Å². The number of carbonyl (C=O) groups excluding carboxylic acids is 1. The highest BCUT2D eigenvalue weighted by Crippen LogP contribution is 2.46. The van der Waals surface area contributed by atoms with E-state index in [9.17, 15) is 25.2 Å². The first-order valence-corrected chi connectivity index (χ1v) is 11.1. The van der Waals surface area contributed by atoms with Gasteiger partial charge in [-0.3, -0.25) is 4.79 Å². The summed E-state index contributed by atoms with van der Waals surface area (Å²) in [6.45, 7) is 3.07. The Hall–Kier alpha value is -3.51. The lowest BCUT2D eigenvalue weighted by Gasteiger charge is -2.39. The van der Waals surface area contributed by atoms with Gasteiger partial charge in [-0.2, -0.15) is 0 Å². The van der Waals surface area contributed by atoms with Crippen molar-refractivity contribution in [2.75, 3.05) is 21.3 Å². The van der Waals surface area contributed by atoms with Crippen molar-refractivity contribution in [3.63, 3.8) is 0 Å². The molecule has 1 fully saturated rings. The average Bonchev–Trinajstić information content (AvgIpc) is 3.19. The largest absolute Gasteiger partial charge is 0.507 e. The van der Waals surface area contributed by atoms with Crippen molar-refractivity contribution in [2.45, 2.75) is 44.6 Å². The third kappa shape index (κ3) is 4.30. The molecule has 2 aromatic carbocycles. The highest BCUT2D eigenvalue weighted by atomic mass is 16.7. The number of carbonyl (C=O) groups is 1. The smallest absolute Gasteiger partial charge is 0.235 e. The summed E-state index contributed by atoms with van der Waals surface area (Å²) in [4.78, 5) is 13.4. The van der Waals surface area contributed by atoms with Crippen molar-refractivity contribution < 1.29 is 53.6 Å². The minimum absolute atomic E-state index is 0.00746. The molecule has 0 aliphatic carbocycles. The zero-order valence-electron chi connectivity index (χ0n) is 20.3. The van der Waals surface area contributed by atoms with E-state index in [1.807, 2.05) is 0 Å². The van der Waals surface area contributed by atoms with Crippen LogP contribution in [-0.4, -0.2) is 78.2 Å². The van der Waals surface area contributed by atoms with E-state index in [-0.39, 0.29) is 28.6 Å². The van der Waals surface area contributed by atoms with Crippen LogP contribution in [0.25, 0.3) is 6.08 Å². The van der Waals surface area contributed by atoms with E-state index >= 15 is 0 Å². The van der Waals surface area contributed by atoms with E-state index in [1.165, 1.54) is 40.4 Å². The topological polar surface area (TPSA) is 153 Å². The number of phenols is 1. The molecule has 0 bridgehead atoms. The lowest BCUT2D eigenvalue weighted by molar-refractivity contribution is -0.268. The summed E-state index contributed by atoms with van der Waals surface area (Å²) in [6, 6.07) is 4.47. The Morgan fingerprint density at radius 2 is 1.56 bits per heavy atom. The summed E-state index contributed by atoms with van der Waals surface area (Å²) in [5.41, 5.74) is 0.822. The van der Waals surface area contributed by atoms with E-state index in [0.717, 1.165) is 0 Å². The third-order valence-corrected chi connectivity index (χ3v) is 6.17. The standard InChI is InChI=1S/C25H28O11/c1-10-13(26)9-14(36-25-22(30)21(29)19(27)11(2)34-25)18-20(28)15(35-23(10)18)6-12-7-16(31-3)24(33-5)17(8-12)32-4/h6-9,11,19,21-22,25-27,29-30H,1-5H3. The molecule has 0 radical (unpaired) electrons. The van der Waals surface area contributed by atoms with Crippen LogP contribution < -0.4 is 23.7 Å². The zero-order chi connectivity index (χ0) is 26.3. The predicted octanol–water partition coefficient (Wildman–Crippen LogP) is 1.55. The number of hydrogen-bond donors (Lipinski definition) is 4. The van der Waals surface area contributed by atoms with E-state index in [4.69, 9.17) is 28.4 Å². The number of rotatable bonds is 6. The molecule has 194 valence electrons. The Morgan fingerprint density at radius 1 is 0.917 bits per heavy atom. The lowest BCUT2D eigenvalue weighted by Crippen LogP contribution is -2.58. The van der Waals surface area contributed by atoms with E-state index in [1.54, 1.807) is 19.1 Å². The maximum absolute atomic E-state index is 13.4. The number of aromatic hydroxyl groups is 1. The van der Waals surface area contributed by atoms with Crippen LogP contribution in [0.15, 0.2) is 24.0 Å². The fourth-order valence-corrected chi connectivity index (χ4v) is 4.10. The number of Topliss-reactive ketones (excluding diaryl/α,β-unsaturated/α-hetero) is 1. The van der Waals surface area contributed by atoms with Gasteiger partial charge in [-0.25, -0.2) is 0 Å². The molecule has 36 heavy (non-hydrogen) atoms. The highest BCUT2D eigenvalue weighted by Gasteiger charge is 2.44. The van der Waals surface area contributed by atoms with Gasteiger partial charge in [0, 0.05) is 11.6 Å². The van der Waals surface area contributed by atoms with Crippen LogP contribution in [-0.2, 0) is 4.74 Å². The maximum Gasteiger partial charge on any atom is 0.235 e. The summed E-state index contributed by atoms with van der Waals surface area (Å²) >= 11 is 0. The molecule has 4 rings (SSSR count). The molecule has 5 unspecified atom stereocenters. The number of benzene rings is 2. The fourth-order valence-electron chi connectivity index (χ4n) is 4.10. The molecule has 2 aliphatic heterocycles. The summed E-state index contributed by atoms with van der Waals surface area (Å²) in [6.07, 6.45) is -5.27. The molecule has 0 spiro atoms. The van der Waals surface area contributed by atoms with Gasteiger partial charge < -0.3 is 48.8 Å². The fraction of sp³-hybridized carbons (Fsp3) is 0.400. The predicted molar refractivity (Wildman–Crippen MR) is 125 cm³/mol. The Labute approximate surface area is 207 Å². The van der Waals surface area contributed by atoms with E-state index < -0.39 is 36.5 Å². The van der Waals surface area contributed by atoms with Crippen LogP contribution in [0.2, 0.25) is 0 Å². The molecular formula is C25H28O11. The van der Waals surface area contributed by atoms with Gasteiger partial charge in [0.2, 0.25) is 17.8 Å². The minimum Gasteiger partial charge on any atom is -0.507 e. The highest BCUT2D eigenvalue weighted by molar-refractivity contribution is 6.16. The number of allylic oxidation sites excluding steroid dienone is 1. The van der Waals surface area contributed by atoms with E-state index in [2.05, 4.69) is 0 Å². The summed E-state index contributed by atoms with van der Waals surface area (Å²) in [5.74, 6) is 0.268. The minimum atomic E-state index is -1.61. The van der Waals surface area contributed by atoms with Gasteiger partial charge in [-0.05, 0) is 37.6 Å². The quantitative estimate of drug-likeness (QED) is 0.424. The van der Waals surface area contributed by atoms with Gasteiger partial charge in [0.1, 0.15) is 41.1 Å². The van der Waals surface area contributed by atoms with Crippen LogP contribution in [0, 0.1) is 6.92 Å². The third-order valence-electron chi connectivity index (χ3n) is 6.17. The number of aliphatic hydroxyl groups excluding tert-OH is 3. The summed E-state index contributed by atoms with van der Waals surface area (Å²) < 4.78 is 33.1. The molecule has 11 nitrogen and oxygen atoms in total. The molecule has 2 aliphatic rings. The van der Waals surface area contributed by atoms with Crippen molar-refractivity contribution in [2.24, 2.45) is 0 Å². The van der Waals surface area contributed by atoms with Crippen molar-refractivity contribution in [3.8, 4) is 34.5 Å². The molecule has 2 aromatic rings. The Morgan fingerprint density at radius 3 is 2.14 bits per heavy atom. The van der Waals surface area contributed by atoms with E-state index in [0.29, 0.717) is 28.4 Å². The molecule has 0 saturated carbocycles. The SMILES string of the molecule is COc1cc(C=C2Oc3c(C)c(O)cc(OC4OC(C)C(O)C(O)C4O)c3C2=O)cc(OC)c1OC. The van der Waals surface area contributed by atoms with Crippen LogP contribution >= 0.6 is 0 Å². The van der Waals surface area contributed by atoms with Gasteiger partial charge in [0.25, 0.3) is 0 Å². The summed E-state index contributed by atoms with van der Waals surface area (Å²) in [5, 5.41) is 40.8.